The third kappa shape index (κ3) is 3.23. The fourth-order valence-electron chi connectivity index (χ4n) is 2.35. The lowest BCUT2D eigenvalue weighted by Gasteiger charge is -2.38. The van der Waals surface area contributed by atoms with E-state index in [0.29, 0.717) is 18.2 Å². The predicted molar refractivity (Wildman–Crippen MR) is 72.6 cm³/mol. The number of carboxylic acids is 1. The van der Waals surface area contributed by atoms with Crippen LogP contribution in [0.25, 0.3) is 0 Å². The van der Waals surface area contributed by atoms with E-state index >= 15 is 0 Å². The highest BCUT2D eigenvalue weighted by atomic mass is 16.4. The Bertz CT molecular complexity index is 458. The van der Waals surface area contributed by atoms with Crippen LogP contribution in [0.1, 0.15) is 41.7 Å². The number of anilines is 1. The Balaban J connectivity index is 2.26. The average molecular weight is 264 g/mol. The highest BCUT2D eigenvalue weighted by molar-refractivity contribution is 5.88. The van der Waals surface area contributed by atoms with Gasteiger partial charge in [-0.2, -0.15) is 0 Å². The Morgan fingerprint density at radius 2 is 2.21 bits per heavy atom. The van der Waals surface area contributed by atoms with E-state index in [1.165, 1.54) is 6.42 Å². The molecule has 5 heteroatoms. The molecule has 1 aliphatic carbocycles. The number of hydrogen-bond donors (Lipinski definition) is 2. The molecule has 0 radical (unpaired) electrons. The lowest BCUT2D eigenvalue weighted by atomic mass is 9.91. The Morgan fingerprint density at radius 1 is 1.47 bits per heavy atom. The van der Waals surface area contributed by atoms with Gasteiger partial charge in [0.15, 0.2) is 0 Å². The van der Waals surface area contributed by atoms with Crippen molar-refractivity contribution in [2.45, 2.75) is 38.6 Å². The number of aromatic nitrogens is 1. The molecule has 0 aliphatic heterocycles. The Kier molecular flexibility index (Phi) is 4.37. The molecule has 1 saturated carbocycles. The summed E-state index contributed by atoms with van der Waals surface area (Å²) in [4.78, 5) is 17.7. The lowest BCUT2D eigenvalue weighted by molar-refractivity contribution is 0.0696. The summed E-state index contributed by atoms with van der Waals surface area (Å²) in [5.74, 6) is -0.210. The first kappa shape index (κ1) is 13.8. The van der Waals surface area contributed by atoms with Gasteiger partial charge in [-0.25, -0.2) is 9.78 Å². The first-order valence-corrected chi connectivity index (χ1v) is 6.71. The summed E-state index contributed by atoms with van der Waals surface area (Å²) in [7, 11) is 0. The molecule has 1 heterocycles. The molecular weight excluding hydrogens is 244 g/mol. The van der Waals surface area contributed by atoms with Crippen LogP contribution in [0.3, 0.4) is 0 Å². The number of rotatable bonds is 6. The number of carbonyl (C=O) groups is 1. The molecule has 0 saturated heterocycles. The fraction of sp³-hybridized carbons (Fsp3) is 0.571. The first-order chi connectivity index (χ1) is 9.11. The summed E-state index contributed by atoms with van der Waals surface area (Å²) in [6, 6.07) is 3.64. The molecule has 0 amide bonds. The van der Waals surface area contributed by atoms with Crippen molar-refractivity contribution in [3.8, 4) is 0 Å². The Labute approximate surface area is 112 Å². The van der Waals surface area contributed by atoms with E-state index in [-0.39, 0.29) is 12.2 Å². The van der Waals surface area contributed by atoms with Crippen LogP contribution in [0.5, 0.6) is 0 Å². The van der Waals surface area contributed by atoms with E-state index in [2.05, 4.69) is 9.88 Å². The minimum Gasteiger partial charge on any atom is -0.478 e. The van der Waals surface area contributed by atoms with E-state index in [9.17, 15) is 4.79 Å². The zero-order valence-electron chi connectivity index (χ0n) is 11.2. The number of hydrogen-bond acceptors (Lipinski definition) is 4. The van der Waals surface area contributed by atoms with Crippen LogP contribution in [0.2, 0.25) is 0 Å². The van der Waals surface area contributed by atoms with Crippen LogP contribution in [0.4, 0.5) is 5.82 Å². The molecule has 0 aromatic carbocycles. The minimum absolute atomic E-state index is 0.140. The quantitative estimate of drug-likeness (QED) is 0.820. The monoisotopic (exact) mass is 264 g/mol. The minimum atomic E-state index is -0.928. The summed E-state index contributed by atoms with van der Waals surface area (Å²) in [6.45, 7) is 2.67. The predicted octanol–water partition coefficient (Wildman–Crippen LogP) is 1.83. The van der Waals surface area contributed by atoms with Gasteiger partial charge in [0.05, 0.1) is 5.56 Å². The fourth-order valence-corrected chi connectivity index (χ4v) is 2.35. The largest absolute Gasteiger partial charge is 0.478 e. The Hall–Kier alpha value is -1.62. The zero-order chi connectivity index (χ0) is 13.8. The van der Waals surface area contributed by atoms with Gasteiger partial charge in [0, 0.05) is 24.9 Å². The third-order valence-electron chi connectivity index (χ3n) is 3.55. The second kappa shape index (κ2) is 6.02. The van der Waals surface area contributed by atoms with E-state index in [4.69, 9.17) is 10.2 Å². The summed E-state index contributed by atoms with van der Waals surface area (Å²) in [6.07, 6.45) is 4.11. The van der Waals surface area contributed by atoms with Gasteiger partial charge in [-0.05, 0) is 44.7 Å². The van der Waals surface area contributed by atoms with Crippen molar-refractivity contribution in [1.82, 2.24) is 4.98 Å². The van der Waals surface area contributed by atoms with Crippen molar-refractivity contribution in [2.24, 2.45) is 0 Å². The molecule has 0 spiro atoms. The molecule has 0 atom stereocenters. The van der Waals surface area contributed by atoms with Crippen molar-refractivity contribution in [3.63, 3.8) is 0 Å². The number of carboxylic acid groups (broad SMARTS) is 1. The van der Waals surface area contributed by atoms with E-state index < -0.39 is 5.97 Å². The van der Waals surface area contributed by atoms with Crippen molar-refractivity contribution in [3.05, 3.63) is 23.4 Å². The summed E-state index contributed by atoms with van der Waals surface area (Å²) >= 11 is 0. The van der Waals surface area contributed by atoms with Crippen LogP contribution in [-0.2, 0) is 0 Å². The molecule has 0 unspecified atom stereocenters. The van der Waals surface area contributed by atoms with Gasteiger partial charge in [-0.3, -0.25) is 0 Å². The van der Waals surface area contributed by atoms with Crippen molar-refractivity contribution < 1.29 is 15.0 Å². The standard InChI is InChI=1S/C14H20N2O3/c1-10-8-11(14(18)19)9-13(15-10)16(6-3-7-17)12-4-2-5-12/h8-9,12,17H,2-7H2,1H3,(H,18,19). The number of pyridine rings is 1. The molecule has 1 aliphatic rings. The van der Waals surface area contributed by atoms with Crippen LogP contribution < -0.4 is 4.90 Å². The molecule has 2 N–H and O–H groups in total. The highest BCUT2D eigenvalue weighted by Gasteiger charge is 2.26. The van der Waals surface area contributed by atoms with E-state index in [1.54, 1.807) is 19.1 Å². The van der Waals surface area contributed by atoms with Gasteiger partial charge in [0.2, 0.25) is 0 Å². The van der Waals surface area contributed by atoms with E-state index in [0.717, 1.165) is 25.2 Å². The highest BCUT2D eigenvalue weighted by Crippen LogP contribution is 2.29. The molecule has 1 aromatic heterocycles. The lowest BCUT2D eigenvalue weighted by Crippen LogP contribution is -2.41. The normalized spacial score (nSPS) is 15.1. The summed E-state index contributed by atoms with van der Waals surface area (Å²) < 4.78 is 0. The molecular formula is C14H20N2O3. The average Bonchev–Trinajstić information content (AvgIpc) is 2.31. The summed E-state index contributed by atoms with van der Waals surface area (Å²) in [5.41, 5.74) is 0.985. The maximum absolute atomic E-state index is 11.1. The number of nitrogens with zero attached hydrogens (tertiary/aromatic N) is 2. The topological polar surface area (TPSA) is 73.7 Å². The van der Waals surface area contributed by atoms with Crippen LogP contribution in [0.15, 0.2) is 12.1 Å². The van der Waals surface area contributed by atoms with Gasteiger partial charge >= 0.3 is 5.97 Å². The molecule has 1 aromatic rings. The van der Waals surface area contributed by atoms with E-state index in [1.807, 2.05) is 0 Å². The molecule has 0 bridgehead atoms. The number of aliphatic hydroxyl groups excluding tert-OH is 1. The van der Waals surface area contributed by atoms with Crippen molar-refractivity contribution in [1.29, 1.82) is 0 Å². The van der Waals surface area contributed by atoms with Crippen LogP contribution >= 0.6 is 0 Å². The first-order valence-electron chi connectivity index (χ1n) is 6.71. The number of aromatic carboxylic acids is 1. The zero-order valence-corrected chi connectivity index (χ0v) is 11.2. The molecule has 19 heavy (non-hydrogen) atoms. The number of aryl methyl sites for hydroxylation is 1. The van der Waals surface area contributed by atoms with Gasteiger partial charge in [-0.1, -0.05) is 0 Å². The maximum Gasteiger partial charge on any atom is 0.335 e. The molecule has 5 nitrogen and oxygen atoms in total. The SMILES string of the molecule is Cc1cc(C(=O)O)cc(N(CCCO)C2CCC2)n1. The van der Waals surface area contributed by atoms with Crippen LogP contribution in [0, 0.1) is 6.92 Å². The smallest absolute Gasteiger partial charge is 0.335 e. The van der Waals surface area contributed by atoms with Gasteiger partial charge < -0.3 is 15.1 Å². The van der Waals surface area contributed by atoms with Crippen molar-refractivity contribution >= 4 is 11.8 Å². The van der Waals surface area contributed by atoms with Gasteiger partial charge in [0.25, 0.3) is 0 Å². The van der Waals surface area contributed by atoms with Gasteiger partial charge in [0.1, 0.15) is 5.82 Å². The summed E-state index contributed by atoms with van der Waals surface area (Å²) in [5, 5.41) is 18.1. The molecule has 2 rings (SSSR count). The molecule has 104 valence electrons. The number of aliphatic hydroxyl groups is 1. The third-order valence-corrected chi connectivity index (χ3v) is 3.55. The maximum atomic E-state index is 11.1. The Morgan fingerprint density at radius 3 is 2.74 bits per heavy atom. The van der Waals surface area contributed by atoms with Crippen molar-refractivity contribution in [2.75, 3.05) is 18.1 Å². The second-order valence-electron chi connectivity index (χ2n) is 5.02. The van der Waals surface area contributed by atoms with Gasteiger partial charge in [-0.15, -0.1) is 0 Å². The second-order valence-corrected chi connectivity index (χ2v) is 5.02. The molecule has 1 fully saturated rings. The van der Waals surface area contributed by atoms with Crippen LogP contribution in [-0.4, -0.2) is 40.4 Å².